The molecule has 0 aliphatic carbocycles. The lowest BCUT2D eigenvalue weighted by Crippen LogP contribution is -2.22. The predicted molar refractivity (Wildman–Crippen MR) is 151 cm³/mol. The Hall–Kier alpha value is -3.84. The summed E-state index contributed by atoms with van der Waals surface area (Å²) in [5, 5.41) is 8.50. The van der Waals surface area contributed by atoms with Crippen LogP contribution < -0.4 is 20.1 Å². The number of carbonyl (C=O) groups is 2. The number of fused-ring (bicyclic) bond motifs is 1. The van der Waals surface area contributed by atoms with E-state index < -0.39 is 12.1 Å². The van der Waals surface area contributed by atoms with Crippen LogP contribution >= 0.6 is 11.3 Å². The van der Waals surface area contributed by atoms with Crippen molar-refractivity contribution in [1.82, 2.24) is 10.6 Å². The molecule has 1 atom stereocenters. The summed E-state index contributed by atoms with van der Waals surface area (Å²) in [5.41, 5.74) is 4.81. The van der Waals surface area contributed by atoms with Crippen molar-refractivity contribution in [1.29, 1.82) is 0 Å². The number of urea groups is 1. The van der Waals surface area contributed by atoms with E-state index in [1.165, 1.54) is 26.8 Å². The Balaban J connectivity index is 1.14. The summed E-state index contributed by atoms with van der Waals surface area (Å²) < 4.78 is 13.4. The number of amides is 3. The highest BCUT2D eigenvalue weighted by molar-refractivity contribution is 7.17. The summed E-state index contributed by atoms with van der Waals surface area (Å²) in [5.74, 6) is 1.35. The highest BCUT2D eigenvalue weighted by Gasteiger charge is 2.30. The second kappa shape index (κ2) is 12.1. The molecule has 0 spiro atoms. The molecule has 38 heavy (non-hydrogen) atoms. The minimum atomic E-state index is -0.650. The fourth-order valence-corrected chi connectivity index (χ4v) is 5.95. The number of thiophene rings is 1. The molecule has 0 saturated carbocycles. The highest BCUT2D eigenvalue weighted by atomic mass is 32.1. The van der Waals surface area contributed by atoms with Gasteiger partial charge in [0.25, 0.3) is 5.91 Å². The molecule has 2 heterocycles. The summed E-state index contributed by atoms with van der Waals surface area (Å²) >= 11 is 1.83. The highest BCUT2D eigenvalue weighted by Crippen LogP contribution is 2.36. The van der Waals surface area contributed by atoms with Crippen LogP contribution in [0.25, 0.3) is 10.1 Å². The van der Waals surface area contributed by atoms with E-state index in [0.29, 0.717) is 19.0 Å². The van der Waals surface area contributed by atoms with Crippen LogP contribution in [0.5, 0.6) is 11.5 Å². The van der Waals surface area contributed by atoms with Crippen LogP contribution in [0.4, 0.5) is 4.79 Å². The number of rotatable bonds is 12. The van der Waals surface area contributed by atoms with Gasteiger partial charge in [0.05, 0.1) is 13.2 Å². The van der Waals surface area contributed by atoms with Crippen molar-refractivity contribution >= 4 is 33.4 Å². The number of hydrogen-bond donors (Lipinski definition) is 2. The predicted octanol–water partition coefficient (Wildman–Crippen LogP) is 6.37. The van der Waals surface area contributed by atoms with Crippen LogP contribution in [-0.2, 0) is 24.1 Å². The first kappa shape index (κ1) is 25.8. The quantitative estimate of drug-likeness (QED) is 0.166. The largest absolute Gasteiger partial charge is 0.493 e. The fraction of sp³-hybridized carbons (Fsp3) is 0.290. The van der Waals surface area contributed by atoms with Crippen molar-refractivity contribution in [2.24, 2.45) is 0 Å². The van der Waals surface area contributed by atoms with Gasteiger partial charge in [0.1, 0.15) is 17.5 Å². The maximum absolute atomic E-state index is 11.8. The zero-order valence-corrected chi connectivity index (χ0v) is 22.3. The van der Waals surface area contributed by atoms with Gasteiger partial charge in [-0.2, -0.15) is 0 Å². The number of nitrogens with one attached hydrogen (secondary N) is 2. The molecule has 2 N–H and O–H groups in total. The van der Waals surface area contributed by atoms with E-state index in [1.807, 2.05) is 23.5 Å². The molecule has 3 aromatic carbocycles. The molecule has 1 unspecified atom stereocenters. The summed E-state index contributed by atoms with van der Waals surface area (Å²) in [4.78, 5) is 23.1. The molecule has 3 amide bonds. The van der Waals surface area contributed by atoms with Crippen molar-refractivity contribution in [3.05, 3.63) is 94.4 Å². The van der Waals surface area contributed by atoms with Gasteiger partial charge < -0.3 is 14.8 Å². The Kier molecular flexibility index (Phi) is 8.24. The summed E-state index contributed by atoms with van der Waals surface area (Å²) in [6.07, 6.45) is 4.89. The van der Waals surface area contributed by atoms with E-state index in [2.05, 4.69) is 65.4 Å². The molecular weight excluding hydrogens is 496 g/mol. The Labute approximate surface area is 227 Å². The third-order valence-electron chi connectivity index (χ3n) is 6.71. The number of benzene rings is 3. The van der Waals surface area contributed by atoms with Crippen molar-refractivity contribution in [2.75, 3.05) is 13.2 Å². The van der Waals surface area contributed by atoms with Crippen molar-refractivity contribution in [3.8, 4) is 11.5 Å². The molecule has 0 radical (unpaired) electrons. The van der Waals surface area contributed by atoms with Gasteiger partial charge in [-0.15, -0.1) is 11.3 Å². The smallest absolute Gasteiger partial charge is 0.322 e. The van der Waals surface area contributed by atoms with Gasteiger partial charge in [-0.1, -0.05) is 55.8 Å². The van der Waals surface area contributed by atoms with Gasteiger partial charge in [0.15, 0.2) is 0 Å². The van der Waals surface area contributed by atoms with E-state index in [4.69, 9.17) is 9.47 Å². The molecule has 5 rings (SSSR count). The van der Waals surface area contributed by atoms with Crippen LogP contribution in [0.15, 0.2) is 72.1 Å². The lowest BCUT2D eigenvalue weighted by Gasteiger charge is -2.13. The van der Waals surface area contributed by atoms with Gasteiger partial charge in [0, 0.05) is 16.7 Å². The molecule has 6 nitrogen and oxygen atoms in total. The van der Waals surface area contributed by atoms with Gasteiger partial charge in [-0.05, 0) is 71.0 Å². The summed E-state index contributed by atoms with van der Waals surface area (Å²) in [6.45, 7) is 3.30. The summed E-state index contributed by atoms with van der Waals surface area (Å²) in [6, 6.07) is 21.1. The number of hydrogen-bond acceptors (Lipinski definition) is 5. The minimum Gasteiger partial charge on any atom is -0.493 e. The first-order valence-corrected chi connectivity index (χ1v) is 14.0. The second-order valence-electron chi connectivity index (χ2n) is 9.43. The van der Waals surface area contributed by atoms with E-state index in [9.17, 15) is 9.59 Å². The van der Waals surface area contributed by atoms with Crippen LogP contribution in [0.2, 0.25) is 0 Å². The fourth-order valence-electron chi connectivity index (χ4n) is 4.77. The van der Waals surface area contributed by atoms with Crippen molar-refractivity contribution in [2.45, 2.75) is 45.1 Å². The van der Waals surface area contributed by atoms with Crippen LogP contribution in [0.1, 0.15) is 48.1 Å². The Morgan fingerprint density at radius 1 is 0.868 bits per heavy atom. The molecular formula is C31H32N2O4S. The first-order chi connectivity index (χ1) is 18.6. The van der Waals surface area contributed by atoms with Gasteiger partial charge >= 0.3 is 6.03 Å². The molecule has 7 heteroatoms. The van der Waals surface area contributed by atoms with Crippen LogP contribution in [0.3, 0.4) is 0 Å². The number of carbonyl (C=O) groups excluding carboxylic acids is 2. The SMILES string of the molecule is CCCc1c(OCCCOc2ccc(C3NC(=O)NC3=O)cc2)ccc2c(CCc3ccccc3)csc12. The Bertz CT molecular complexity index is 1400. The summed E-state index contributed by atoms with van der Waals surface area (Å²) in [7, 11) is 0. The van der Waals surface area contributed by atoms with Gasteiger partial charge in [-0.3, -0.25) is 10.1 Å². The topological polar surface area (TPSA) is 76.7 Å². The van der Waals surface area contributed by atoms with Crippen molar-refractivity contribution < 1.29 is 19.1 Å². The van der Waals surface area contributed by atoms with Gasteiger partial charge in [0.2, 0.25) is 0 Å². The Morgan fingerprint density at radius 2 is 1.66 bits per heavy atom. The third kappa shape index (κ3) is 6.00. The average Bonchev–Trinajstić information content (AvgIpc) is 3.51. The lowest BCUT2D eigenvalue weighted by atomic mass is 10.0. The van der Waals surface area contributed by atoms with E-state index in [0.717, 1.165) is 43.4 Å². The minimum absolute atomic E-state index is 0.340. The molecule has 1 aliphatic heterocycles. The zero-order valence-electron chi connectivity index (χ0n) is 21.5. The number of ether oxygens (including phenoxy) is 2. The first-order valence-electron chi connectivity index (χ1n) is 13.1. The van der Waals surface area contributed by atoms with Gasteiger partial charge in [-0.25, -0.2) is 4.79 Å². The monoisotopic (exact) mass is 528 g/mol. The second-order valence-corrected chi connectivity index (χ2v) is 10.3. The van der Waals surface area contributed by atoms with E-state index in [-0.39, 0.29) is 5.91 Å². The van der Waals surface area contributed by atoms with E-state index >= 15 is 0 Å². The van der Waals surface area contributed by atoms with Crippen LogP contribution in [-0.4, -0.2) is 25.2 Å². The molecule has 1 aromatic heterocycles. The van der Waals surface area contributed by atoms with E-state index in [1.54, 1.807) is 12.1 Å². The number of imide groups is 1. The van der Waals surface area contributed by atoms with Crippen molar-refractivity contribution in [3.63, 3.8) is 0 Å². The standard InChI is InChI=1S/C31H32N2O4S/c1-2-7-26-27(17-16-25-23(20-38-29(25)26)11-10-21-8-4-3-5-9-21)37-19-6-18-36-24-14-12-22(13-15-24)28-30(34)33-31(35)32-28/h3-5,8-9,12-17,20,28H,2,6-7,10-11,18-19H2,1H3,(H2,32,33,34,35). The molecule has 4 aromatic rings. The third-order valence-corrected chi connectivity index (χ3v) is 7.82. The lowest BCUT2D eigenvalue weighted by molar-refractivity contribution is -0.120. The zero-order chi connectivity index (χ0) is 26.3. The Morgan fingerprint density at radius 3 is 2.39 bits per heavy atom. The molecule has 1 saturated heterocycles. The average molecular weight is 529 g/mol. The molecule has 1 fully saturated rings. The molecule has 0 bridgehead atoms. The normalized spacial score (nSPS) is 14.9. The number of aryl methyl sites for hydroxylation is 3. The maximum atomic E-state index is 11.8. The molecule has 196 valence electrons. The van der Waals surface area contributed by atoms with Crippen LogP contribution in [0, 0.1) is 0 Å². The molecule has 1 aliphatic rings. The maximum Gasteiger partial charge on any atom is 0.322 e.